The van der Waals surface area contributed by atoms with Crippen LogP contribution in [0.4, 0.5) is 0 Å². The molecular weight excluding hydrogens is 722 g/mol. The van der Waals surface area contributed by atoms with Crippen molar-refractivity contribution in [2.45, 2.75) is 143 Å². The maximum absolute atomic E-state index is 12.7. The van der Waals surface area contributed by atoms with Gasteiger partial charge in [-0.1, -0.05) is 0 Å². The third kappa shape index (κ3) is 10.8. The first-order chi connectivity index (χ1) is 24.9. The van der Waals surface area contributed by atoms with Crippen molar-refractivity contribution in [2.75, 3.05) is 26.4 Å². The van der Waals surface area contributed by atoms with Gasteiger partial charge in [0.1, 0.15) is 72.9 Å². The second kappa shape index (κ2) is 19.9. The summed E-state index contributed by atoms with van der Waals surface area (Å²) in [5.74, 6) is -6.75. The minimum absolute atomic E-state index is 0.0311. The fourth-order valence-electron chi connectivity index (χ4n) is 6.42. The lowest BCUT2D eigenvalue weighted by atomic mass is 9.88. The summed E-state index contributed by atoms with van der Waals surface area (Å²) in [4.78, 5) is 48.6. The second-order valence-corrected chi connectivity index (χ2v) is 13.0. The number of aliphatic hydroxyl groups excluding tert-OH is 10. The van der Waals surface area contributed by atoms with Crippen LogP contribution in [-0.4, -0.2) is 204 Å². The van der Waals surface area contributed by atoms with Crippen LogP contribution in [0.15, 0.2) is 0 Å². The maximum atomic E-state index is 12.7. The highest BCUT2D eigenvalue weighted by Gasteiger charge is 2.60. The largest absolute Gasteiger partial charge is 0.477 e. The van der Waals surface area contributed by atoms with Crippen molar-refractivity contribution in [3.63, 3.8) is 0 Å². The highest BCUT2D eigenvalue weighted by molar-refractivity contribution is 5.79. The van der Waals surface area contributed by atoms with Gasteiger partial charge >= 0.3 is 11.9 Å². The average molecular weight is 774 g/mol. The molecule has 53 heavy (non-hydrogen) atoms. The number of carbonyl (C=O) groups excluding carboxylic acids is 3. The van der Waals surface area contributed by atoms with Crippen LogP contribution in [0, 0.1) is 0 Å². The van der Waals surface area contributed by atoms with Gasteiger partial charge in [0.2, 0.25) is 5.91 Å². The van der Waals surface area contributed by atoms with Gasteiger partial charge in [0.15, 0.2) is 6.29 Å². The van der Waals surface area contributed by atoms with Crippen LogP contribution in [0.3, 0.4) is 0 Å². The van der Waals surface area contributed by atoms with Gasteiger partial charge in [-0.15, -0.1) is 0 Å². The first kappa shape index (κ1) is 44.9. The first-order valence-electron chi connectivity index (χ1n) is 17.0. The molecule has 3 aliphatic rings. The average Bonchev–Trinajstić information content (AvgIpc) is 3.10. The minimum atomic E-state index is -3.06. The molecule has 0 aliphatic carbocycles. The summed E-state index contributed by atoms with van der Waals surface area (Å²) in [6.07, 6.45) is -27.8. The van der Waals surface area contributed by atoms with E-state index in [1.165, 1.54) is 0 Å². The molecule has 12 N–H and O–H groups in total. The molecule has 0 saturated carbocycles. The Morgan fingerprint density at radius 3 is 2.09 bits per heavy atom. The van der Waals surface area contributed by atoms with Crippen molar-refractivity contribution >= 4 is 23.6 Å². The van der Waals surface area contributed by atoms with Gasteiger partial charge in [-0.05, 0) is 13.3 Å². The Labute approximate surface area is 302 Å². The molecule has 0 aromatic rings. The van der Waals surface area contributed by atoms with Gasteiger partial charge < -0.3 is 89.9 Å². The summed E-state index contributed by atoms with van der Waals surface area (Å²) >= 11 is 0. The Morgan fingerprint density at radius 2 is 1.53 bits per heavy atom. The van der Waals surface area contributed by atoms with Gasteiger partial charge in [-0.2, -0.15) is 0 Å². The normalized spacial score (nSPS) is 38.8. The number of aliphatic carboxylic acids is 1. The molecule has 0 radical (unpaired) electrons. The van der Waals surface area contributed by atoms with Crippen LogP contribution in [-0.2, 0) is 47.6 Å². The number of esters is 1. The number of carbonyl (C=O) groups is 4. The monoisotopic (exact) mass is 773 g/mol. The summed E-state index contributed by atoms with van der Waals surface area (Å²) in [6.45, 7) is -0.104. The molecule has 3 fully saturated rings. The summed E-state index contributed by atoms with van der Waals surface area (Å²) < 4.78 is 32.8. The molecule has 0 aromatic carbocycles. The van der Waals surface area contributed by atoms with Crippen LogP contribution >= 0.6 is 0 Å². The van der Waals surface area contributed by atoms with Crippen LogP contribution in [0.25, 0.3) is 0 Å². The van der Waals surface area contributed by atoms with E-state index in [-0.39, 0.29) is 25.9 Å². The van der Waals surface area contributed by atoms with Crippen LogP contribution in [0.2, 0.25) is 0 Å². The molecule has 16 atom stereocenters. The summed E-state index contributed by atoms with van der Waals surface area (Å²) in [5, 5.41) is 118. The number of carboxylic acid groups (broad SMARTS) is 1. The molecule has 3 rings (SSSR count). The van der Waals surface area contributed by atoms with Crippen molar-refractivity contribution in [3.05, 3.63) is 0 Å². The Hall–Kier alpha value is -2.52. The number of rotatable bonds is 18. The summed E-state index contributed by atoms with van der Waals surface area (Å²) in [7, 11) is 0. The van der Waals surface area contributed by atoms with Gasteiger partial charge in [0.25, 0.3) is 5.79 Å². The van der Waals surface area contributed by atoms with Gasteiger partial charge in [-0.3, -0.25) is 14.4 Å². The fraction of sp³-hybridized carbons (Fsp3) is 0.871. The smallest absolute Gasteiger partial charge is 0.364 e. The number of Topliss-reactive ketones (excluding diaryl/α,β-unsaturated/α-hetero) is 1. The molecule has 3 saturated heterocycles. The van der Waals surface area contributed by atoms with E-state index < -0.39 is 154 Å². The van der Waals surface area contributed by atoms with E-state index in [0.717, 1.165) is 6.92 Å². The molecule has 22 nitrogen and oxygen atoms in total. The van der Waals surface area contributed by atoms with E-state index in [2.05, 4.69) is 5.32 Å². The van der Waals surface area contributed by atoms with Crippen LogP contribution < -0.4 is 5.32 Å². The number of ether oxygens (including phenoxy) is 6. The predicted octanol–water partition coefficient (Wildman–Crippen LogP) is -6.48. The van der Waals surface area contributed by atoms with E-state index in [4.69, 9.17) is 28.4 Å². The van der Waals surface area contributed by atoms with E-state index in [9.17, 15) is 75.3 Å². The van der Waals surface area contributed by atoms with Crippen molar-refractivity contribution in [1.82, 2.24) is 5.32 Å². The number of nitrogens with one attached hydrogen (secondary N) is 1. The minimum Gasteiger partial charge on any atom is -0.477 e. The molecule has 3 aliphatic heterocycles. The Bertz CT molecular complexity index is 1220. The second-order valence-electron chi connectivity index (χ2n) is 13.0. The Morgan fingerprint density at radius 1 is 0.868 bits per heavy atom. The van der Waals surface area contributed by atoms with Crippen LogP contribution in [0.1, 0.15) is 46.0 Å². The number of hydrogen-bond donors (Lipinski definition) is 12. The lowest BCUT2D eigenvalue weighted by molar-refractivity contribution is -0.381. The summed E-state index contributed by atoms with van der Waals surface area (Å²) in [6, 6.07) is -1.57. The molecule has 0 aromatic heterocycles. The quantitative estimate of drug-likeness (QED) is 0.0576. The molecule has 0 spiro atoms. The number of carboxylic acids is 1. The lowest BCUT2D eigenvalue weighted by Crippen LogP contribution is -2.70. The van der Waals surface area contributed by atoms with Gasteiger partial charge in [0.05, 0.1) is 44.7 Å². The summed E-state index contributed by atoms with van der Waals surface area (Å²) in [5.41, 5.74) is 0. The standard InChI is InChI=1S/C31H51NO21/c1-3-48-19(40)6-4-5-13(37)7-16-22(42)24(44)26(18(11-35)49-16)51-29-25(45)28(23(43)17(10-34)50-29)53-31(30(46)47)8-14(38)20(32-12(2)36)27(52-31)21(41)15(39)9-33/h14-18,20-29,33-35,38-39,41-45H,3-11H2,1-2H3,(H,32,36)(H,46,47)/t14-,15+,16-,17+,18+,20+,21+,22-,23-,24+,25+,26+,27+,28-,29-,31-/m0/s1. The van der Waals surface area contributed by atoms with Crippen LogP contribution in [0.5, 0.6) is 0 Å². The van der Waals surface area contributed by atoms with Gasteiger partial charge in [0, 0.05) is 32.6 Å². The number of hydrogen-bond acceptors (Lipinski definition) is 20. The first-order valence-corrected chi connectivity index (χ1v) is 17.0. The molecular formula is C31H51NO21. The number of aliphatic hydroxyl groups is 10. The third-order valence-electron chi connectivity index (χ3n) is 9.16. The number of ketones is 1. The molecule has 0 unspecified atom stereocenters. The van der Waals surface area contributed by atoms with Gasteiger partial charge in [-0.25, -0.2) is 4.79 Å². The zero-order chi connectivity index (χ0) is 39.8. The highest BCUT2D eigenvalue weighted by atomic mass is 16.8. The zero-order valence-electron chi connectivity index (χ0n) is 29.0. The highest BCUT2D eigenvalue weighted by Crippen LogP contribution is 2.38. The molecule has 3 heterocycles. The molecule has 306 valence electrons. The molecule has 0 bridgehead atoms. The lowest BCUT2D eigenvalue weighted by Gasteiger charge is -2.50. The number of amides is 1. The maximum Gasteiger partial charge on any atom is 0.364 e. The van der Waals surface area contributed by atoms with Crippen molar-refractivity contribution in [1.29, 1.82) is 0 Å². The zero-order valence-corrected chi connectivity index (χ0v) is 29.0. The van der Waals surface area contributed by atoms with E-state index in [1.54, 1.807) is 6.92 Å². The van der Waals surface area contributed by atoms with E-state index in [0.29, 0.717) is 0 Å². The fourth-order valence-corrected chi connectivity index (χ4v) is 6.42. The topological polar surface area (TPSA) is 358 Å². The molecule has 22 heteroatoms. The van der Waals surface area contributed by atoms with Crippen molar-refractivity contribution in [3.8, 4) is 0 Å². The van der Waals surface area contributed by atoms with E-state index in [1.807, 2.05) is 0 Å². The Kier molecular flexibility index (Phi) is 16.8. The van der Waals surface area contributed by atoms with Crippen molar-refractivity contribution in [2.24, 2.45) is 0 Å². The molecule has 1 amide bonds. The van der Waals surface area contributed by atoms with Crippen molar-refractivity contribution < 1.29 is 104 Å². The third-order valence-corrected chi connectivity index (χ3v) is 9.16. The Balaban J connectivity index is 1.82. The predicted molar refractivity (Wildman–Crippen MR) is 168 cm³/mol. The van der Waals surface area contributed by atoms with E-state index >= 15 is 0 Å². The SMILES string of the molecule is CCOC(=O)CCCC(=O)C[C@@H]1O[C@H](CO)[C@@H](O[C@@H]2O[C@H](CO)[C@H](O)[C@H](O[C@]3(C(=O)O)C[C@H](O)[C@@H](NC(C)=O)[C@H]([C@H](O)[C@H](O)CO)O3)[C@H]2O)[C@H](O)[C@H]1O.